The van der Waals surface area contributed by atoms with Gasteiger partial charge in [0.25, 0.3) is 5.56 Å². The highest BCUT2D eigenvalue weighted by Crippen LogP contribution is 2.20. The third-order valence-corrected chi connectivity index (χ3v) is 5.18. The molecule has 2 aromatic heterocycles. The summed E-state index contributed by atoms with van der Waals surface area (Å²) in [5, 5.41) is 21.9. The number of nitrogens with zero attached hydrogens (tertiary/aromatic N) is 7. The zero-order valence-corrected chi connectivity index (χ0v) is 17.1. The molecule has 3 aromatic rings. The Bertz CT molecular complexity index is 1320. The number of nitriles is 2. The summed E-state index contributed by atoms with van der Waals surface area (Å²) in [6, 6.07) is 11.0. The normalized spacial score (nSPS) is 13.3. The fourth-order valence-corrected chi connectivity index (χ4v) is 3.62. The highest BCUT2D eigenvalue weighted by atomic mass is 16.1. The number of aromatic nitrogens is 4. The Morgan fingerprint density at radius 2 is 1.81 bits per heavy atom. The quantitative estimate of drug-likeness (QED) is 0.631. The summed E-state index contributed by atoms with van der Waals surface area (Å²) in [5.41, 5.74) is 1.58. The van der Waals surface area contributed by atoms with E-state index in [4.69, 9.17) is 5.26 Å². The Morgan fingerprint density at radius 1 is 1.06 bits per heavy atom. The Hall–Kier alpha value is -4.13. The van der Waals surface area contributed by atoms with Crippen LogP contribution in [0.3, 0.4) is 0 Å². The molecule has 154 valence electrons. The van der Waals surface area contributed by atoms with E-state index in [0.29, 0.717) is 23.6 Å². The molecule has 0 spiro atoms. The lowest BCUT2D eigenvalue weighted by Gasteiger charge is -2.28. The van der Waals surface area contributed by atoms with Crippen molar-refractivity contribution in [2.75, 3.05) is 31.1 Å². The number of imidazole rings is 1. The summed E-state index contributed by atoms with van der Waals surface area (Å²) in [6.45, 7) is 5.39. The average Bonchev–Trinajstić information content (AvgIpc) is 3.19. The minimum absolute atomic E-state index is 0.0000498. The van der Waals surface area contributed by atoms with Crippen molar-refractivity contribution in [1.29, 1.82) is 10.5 Å². The predicted octanol–water partition coefficient (Wildman–Crippen LogP) is 0.818. The van der Waals surface area contributed by atoms with Gasteiger partial charge in [0.2, 0.25) is 11.8 Å². The van der Waals surface area contributed by atoms with E-state index in [0.717, 1.165) is 31.7 Å². The number of fused-ring (bicyclic) bond motifs is 1. The second-order valence-electron chi connectivity index (χ2n) is 7.08. The first-order chi connectivity index (χ1) is 15.2. The van der Waals surface area contributed by atoms with Gasteiger partial charge in [0, 0.05) is 26.2 Å². The lowest BCUT2D eigenvalue weighted by atomic mass is 10.1. The minimum Gasteiger partial charge on any atom is -0.340 e. The summed E-state index contributed by atoms with van der Waals surface area (Å²) in [5.74, 6) is 6.53. The first-order valence-electron chi connectivity index (χ1n) is 9.91. The van der Waals surface area contributed by atoms with Crippen molar-refractivity contribution in [3.05, 3.63) is 51.6 Å². The lowest BCUT2D eigenvalue weighted by molar-refractivity contribution is 0.572. The SMILES string of the molecule is CC#CCn1c(N2CCNCC2)nc2nc(C#N)n(Cc3ccc(C#N)cc3)c(=O)c21. The molecule has 4 rings (SSSR count). The van der Waals surface area contributed by atoms with Crippen molar-refractivity contribution in [2.45, 2.75) is 20.0 Å². The van der Waals surface area contributed by atoms with Gasteiger partial charge >= 0.3 is 0 Å². The number of piperazine rings is 1. The molecule has 1 N–H and O–H groups in total. The third kappa shape index (κ3) is 3.85. The van der Waals surface area contributed by atoms with Crippen LogP contribution in [0, 0.1) is 34.5 Å². The molecule has 0 atom stereocenters. The highest BCUT2D eigenvalue weighted by molar-refractivity contribution is 5.75. The number of hydrogen-bond acceptors (Lipinski definition) is 7. The fourth-order valence-electron chi connectivity index (χ4n) is 3.62. The Kier molecular flexibility index (Phi) is 5.66. The largest absolute Gasteiger partial charge is 0.340 e. The maximum Gasteiger partial charge on any atom is 0.281 e. The van der Waals surface area contributed by atoms with E-state index in [-0.39, 0.29) is 23.6 Å². The fraction of sp³-hybridized carbons (Fsp3) is 0.318. The van der Waals surface area contributed by atoms with E-state index in [1.54, 1.807) is 35.8 Å². The van der Waals surface area contributed by atoms with E-state index in [2.05, 4.69) is 38.1 Å². The second-order valence-corrected chi connectivity index (χ2v) is 7.08. The van der Waals surface area contributed by atoms with Gasteiger partial charge in [-0.2, -0.15) is 20.5 Å². The van der Waals surface area contributed by atoms with Crippen LogP contribution in [0.15, 0.2) is 29.1 Å². The molecule has 0 amide bonds. The minimum atomic E-state index is -0.335. The molecule has 0 saturated carbocycles. The van der Waals surface area contributed by atoms with Crippen molar-refractivity contribution in [3.8, 4) is 24.0 Å². The Morgan fingerprint density at radius 3 is 2.45 bits per heavy atom. The van der Waals surface area contributed by atoms with Crippen LogP contribution in [0.4, 0.5) is 5.95 Å². The topological polar surface area (TPSA) is 116 Å². The van der Waals surface area contributed by atoms with Gasteiger partial charge in [0.1, 0.15) is 6.07 Å². The lowest BCUT2D eigenvalue weighted by Crippen LogP contribution is -2.44. The van der Waals surface area contributed by atoms with E-state index >= 15 is 0 Å². The van der Waals surface area contributed by atoms with Gasteiger partial charge in [-0.1, -0.05) is 18.1 Å². The number of hydrogen-bond donors (Lipinski definition) is 1. The second kappa shape index (κ2) is 8.71. The first-order valence-corrected chi connectivity index (χ1v) is 9.91. The van der Waals surface area contributed by atoms with Crippen LogP contribution in [0.25, 0.3) is 11.2 Å². The third-order valence-electron chi connectivity index (χ3n) is 5.18. The van der Waals surface area contributed by atoms with Gasteiger partial charge in [-0.15, -0.1) is 5.92 Å². The predicted molar refractivity (Wildman–Crippen MR) is 115 cm³/mol. The van der Waals surface area contributed by atoms with Crippen molar-refractivity contribution in [2.24, 2.45) is 0 Å². The molecular formula is C22H20N8O. The molecule has 3 heterocycles. The van der Waals surface area contributed by atoms with Gasteiger partial charge in [-0.3, -0.25) is 13.9 Å². The van der Waals surface area contributed by atoms with E-state index < -0.39 is 0 Å². The van der Waals surface area contributed by atoms with Gasteiger partial charge in [0.05, 0.1) is 24.7 Å². The molecule has 0 bridgehead atoms. The van der Waals surface area contributed by atoms with Crippen LogP contribution in [-0.4, -0.2) is 45.3 Å². The summed E-state index contributed by atoms with van der Waals surface area (Å²) in [6.07, 6.45) is 0. The van der Waals surface area contributed by atoms with E-state index in [1.807, 2.05) is 6.07 Å². The summed E-state index contributed by atoms with van der Waals surface area (Å²) >= 11 is 0. The van der Waals surface area contributed by atoms with Crippen LogP contribution in [0.2, 0.25) is 0 Å². The molecule has 1 aromatic carbocycles. The molecule has 0 unspecified atom stereocenters. The molecule has 0 aliphatic carbocycles. The first kappa shape index (κ1) is 20.2. The average molecular weight is 412 g/mol. The maximum atomic E-state index is 13.5. The standard InChI is InChI=1S/C22H20N8O/c1-2-3-10-29-19-20(27-22(29)28-11-8-25-9-12-28)26-18(14-24)30(21(19)31)15-17-6-4-16(13-23)5-7-17/h4-7,25H,8-12,15H2,1H3. The van der Waals surface area contributed by atoms with Crippen molar-refractivity contribution < 1.29 is 0 Å². The zero-order valence-electron chi connectivity index (χ0n) is 17.1. The zero-order chi connectivity index (χ0) is 21.8. The monoisotopic (exact) mass is 412 g/mol. The molecule has 1 aliphatic rings. The number of nitrogens with one attached hydrogen (secondary N) is 1. The van der Waals surface area contributed by atoms with Crippen LogP contribution in [0.1, 0.15) is 23.9 Å². The van der Waals surface area contributed by atoms with Crippen molar-refractivity contribution >= 4 is 17.1 Å². The summed E-state index contributed by atoms with van der Waals surface area (Å²) in [4.78, 5) is 24.6. The molecule has 1 fully saturated rings. The molecular weight excluding hydrogens is 392 g/mol. The number of anilines is 1. The van der Waals surface area contributed by atoms with Crippen molar-refractivity contribution in [1.82, 2.24) is 24.4 Å². The molecule has 31 heavy (non-hydrogen) atoms. The van der Waals surface area contributed by atoms with E-state index in [9.17, 15) is 10.1 Å². The van der Waals surface area contributed by atoms with Crippen LogP contribution >= 0.6 is 0 Å². The van der Waals surface area contributed by atoms with Gasteiger partial charge in [-0.05, 0) is 24.6 Å². The Balaban J connectivity index is 1.87. The Labute approximate surface area is 179 Å². The molecule has 1 aliphatic heterocycles. The maximum absolute atomic E-state index is 13.5. The number of rotatable bonds is 4. The summed E-state index contributed by atoms with van der Waals surface area (Å²) in [7, 11) is 0. The van der Waals surface area contributed by atoms with Crippen LogP contribution in [0.5, 0.6) is 0 Å². The van der Waals surface area contributed by atoms with Crippen molar-refractivity contribution in [3.63, 3.8) is 0 Å². The molecule has 9 heteroatoms. The molecule has 9 nitrogen and oxygen atoms in total. The number of benzene rings is 1. The van der Waals surface area contributed by atoms with Crippen LogP contribution in [-0.2, 0) is 13.1 Å². The van der Waals surface area contributed by atoms with Crippen LogP contribution < -0.4 is 15.8 Å². The highest BCUT2D eigenvalue weighted by Gasteiger charge is 2.23. The van der Waals surface area contributed by atoms with E-state index in [1.165, 1.54) is 4.57 Å². The molecule has 1 saturated heterocycles. The van der Waals surface area contributed by atoms with Gasteiger partial charge < -0.3 is 10.2 Å². The van der Waals surface area contributed by atoms with Gasteiger partial charge in [0.15, 0.2) is 11.2 Å². The molecule has 0 radical (unpaired) electrons. The summed E-state index contributed by atoms with van der Waals surface area (Å²) < 4.78 is 3.14. The smallest absolute Gasteiger partial charge is 0.281 e. The van der Waals surface area contributed by atoms with Gasteiger partial charge in [-0.25, -0.2) is 0 Å².